The Bertz CT molecular complexity index is 452. The average Bonchev–Trinajstić information content (AvgIpc) is 2.82. The summed E-state index contributed by atoms with van der Waals surface area (Å²) >= 11 is 0. The SMILES string of the molecule is CNC(=O)c1ccc(-c2ncn[nH]2)cc1.Cl. The summed E-state index contributed by atoms with van der Waals surface area (Å²) in [6, 6.07) is 7.14. The van der Waals surface area contributed by atoms with Gasteiger partial charge in [-0.3, -0.25) is 9.89 Å². The second-order valence-corrected chi connectivity index (χ2v) is 2.99. The van der Waals surface area contributed by atoms with Crippen LogP contribution in [-0.2, 0) is 0 Å². The summed E-state index contributed by atoms with van der Waals surface area (Å²) in [5.41, 5.74) is 1.53. The van der Waals surface area contributed by atoms with E-state index in [1.807, 2.05) is 12.1 Å². The highest BCUT2D eigenvalue weighted by molar-refractivity contribution is 5.94. The van der Waals surface area contributed by atoms with Gasteiger partial charge >= 0.3 is 0 Å². The van der Waals surface area contributed by atoms with E-state index in [0.29, 0.717) is 11.4 Å². The molecule has 0 spiro atoms. The van der Waals surface area contributed by atoms with Crippen molar-refractivity contribution in [1.82, 2.24) is 20.5 Å². The Morgan fingerprint density at radius 2 is 2.00 bits per heavy atom. The molecule has 0 radical (unpaired) electrons. The zero-order valence-electron chi connectivity index (χ0n) is 8.60. The first kappa shape index (κ1) is 12.2. The smallest absolute Gasteiger partial charge is 0.251 e. The van der Waals surface area contributed by atoms with Crippen molar-refractivity contribution in [2.75, 3.05) is 7.05 Å². The van der Waals surface area contributed by atoms with E-state index in [9.17, 15) is 4.79 Å². The zero-order valence-corrected chi connectivity index (χ0v) is 9.41. The molecule has 0 saturated carbocycles. The van der Waals surface area contributed by atoms with E-state index in [1.165, 1.54) is 6.33 Å². The fourth-order valence-corrected chi connectivity index (χ4v) is 1.27. The van der Waals surface area contributed by atoms with Gasteiger partial charge in [-0.05, 0) is 12.1 Å². The Morgan fingerprint density at radius 1 is 1.31 bits per heavy atom. The lowest BCUT2D eigenvalue weighted by Gasteiger charge is -2.00. The molecule has 2 rings (SSSR count). The third-order valence-corrected chi connectivity index (χ3v) is 2.06. The maximum atomic E-state index is 11.3. The molecule has 0 saturated heterocycles. The normalized spacial score (nSPS) is 9.31. The third kappa shape index (κ3) is 2.38. The van der Waals surface area contributed by atoms with Gasteiger partial charge in [-0.25, -0.2) is 4.98 Å². The first-order valence-electron chi connectivity index (χ1n) is 4.49. The number of carbonyl (C=O) groups excluding carboxylic acids is 1. The van der Waals surface area contributed by atoms with E-state index in [0.717, 1.165) is 5.56 Å². The van der Waals surface area contributed by atoms with Crippen LogP contribution < -0.4 is 5.32 Å². The van der Waals surface area contributed by atoms with Gasteiger partial charge in [0.1, 0.15) is 6.33 Å². The van der Waals surface area contributed by atoms with Gasteiger partial charge in [0.15, 0.2) is 5.82 Å². The molecule has 1 aromatic carbocycles. The summed E-state index contributed by atoms with van der Waals surface area (Å²) in [4.78, 5) is 15.3. The predicted octanol–water partition coefficient (Wildman–Crippen LogP) is 1.25. The molecule has 0 aliphatic heterocycles. The number of aromatic nitrogens is 3. The Labute approximate surface area is 98.7 Å². The van der Waals surface area contributed by atoms with E-state index in [1.54, 1.807) is 19.2 Å². The topological polar surface area (TPSA) is 70.7 Å². The number of nitrogens with one attached hydrogen (secondary N) is 2. The first-order valence-corrected chi connectivity index (χ1v) is 4.49. The van der Waals surface area contributed by atoms with Crippen LogP contribution in [0.15, 0.2) is 30.6 Å². The second-order valence-electron chi connectivity index (χ2n) is 2.99. The highest BCUT2D eigenvalue weighted by Crippen LogP contribution is 2.14. The van der Waals surface area contributed by atoms with Crippen LogP contribution in [0.2, 0.25) is 0 Å². The molecule has 1 aromatic heterocycles. The quantitative estimate of drug-likeness (QED) is 0.827. The van der Waals surface area contributed by atoms with Crippen LogP contribution in [0.25, 0.3) is 11.4 Å². The molecule has 5 nitrogen and oxygen atoms in total. The van der Waals surface area contributed by atoms with Crippen molar-refractivity contribution in [1.29, 1.82) is 0 Å². The van der Waals surface area contributed by atoms with Crippen LogP contribution in [0.5, 0.6) is 0 Å². The Kier molecular flexibility index (Phi) is 4.02. The van der Waals surface area contributed by atoms with Crippen molar-refractivity contribution < 1.29 is 4.79 Å². The van der Waals surface area contributed by atoms with E-state index in [2.05, 4.69) is 20.5 Å². The molecule has 0 fully saturated rings. The lowest BCUT2D eigenvalue weighted by atomic mass is 10.1. The summed E-state index contributed by atoms with van der Waals surface area (Å²) in [5, 5.41) is 9.07. The minimum Gasteiger partial charge on any atom is -0.355 e. The van der Waals surface area contributed by atoms with E-state index in [-0.39, 0.29) is 18.3 Å². The van der Waals surface area contributed by atoms with Gasteiger partial charge in [0, 0.05) is 18.2 Å². The number of rotatable bonds is 2. The Morgan fingerprint density at radius 3 is 2.50 bits per heavy atom. The summed E-state index contributed by atoms with van der Waals surface area (Å²) in [7, 11) is 1.60. The number of amides is 1. The molecular weight excluding hydrogens is 228 g/mol. The van der Waals surface area contributed by atoms with Crippen LogP contribution in [0.3, 0.4) is 0 Å². The number of H-pyrrole nitrogens is 1. The number of benzene rings is 1. The standard InChI is InChI=1S/C10H10N4O.ClH/c1-11-10(15)8-4-2-7(3-5-8)9-12-6-13-14-9;/h2-6H,1H3,(H,11,15)(H,12,13,14);1H. The van der Waals surface area contributed by atoms with Crippen molar-refractivity contribution in [3.05, 3.63) is 36.2 Å². The number of carbonyl (C=O) groups is 1. The molecule has 16 heavy (non-hydrogen) atoms. The van der Waals surface area contributed by atoms with Crippen molar-refractivity contribution in [3.8, 4) is 11.4 Å². The van der Waals surface area contributed by atoms with Crippen LogP contribution >= 0.6 is 12.4 Å². The van der Waals surface area contributed by atoms with E-state index < -0.39 is 0 Å². The largest absolute Gasteiger partial charge is 0.355 e. The fraction of sp³-hybridized carbons (Fsp3) is 0.100. The van der Waals surface area contributed by atoms with Gasteiger partial charge in [0.05, 0.1) is 0 Å². The molecule has 2 N–H and O–H groups in total. The lowest BCUT2D eigenvalue weighted by molar-refractivity contribution is 0.0963. The second kappa shape index (κ2) is 5.27. The van der Waals surface area contributed by atoms with Crippen molar-refractivity contribution in [3.63, 3.8) is 0 Å². The van der Waals surface area contributed by atoms with Crippen LogP contribution in [0.4, 0.5) is 0 Å². The Balaban J connectivity index is 0.00000128. The summed E-state index contributed by atoms with van der Waals surface area (Å²) in [6.07, 6.45) is 1.45. The van der Waals surface area contributed by atoms with Crippen LogP contribution in [0.1, 0.15) is 10.4 Å². The van der Waals surface area contributed by atoms with E-state index >= 15 is 0 Å². The highest BCUT2D eigenvalue weighted by Gasteiger charge is 2.04. The molecule has 0 aliphatic carbocycles. The number of nitrogens with zero attached hydrogens (tertiary/aromatic N) is 2. The fourth-order valence-electron chi connectivity index (χ4n) is 1.27. The summed E-state index contributed by atoms with van der Waals surface area (Å²) in [6.45, 7) is 0. The lowest BCUT2D eigenvalue weighted by Crippen LogP contribution is -2.17. The highest BCUT2D eigenvalue weighted by atomic mass is 35.5. The third-order valence-electron chi connectivity index (χ3n) is 2.06. The van der Waals surface area contributed by atoms with Gasteiger partial charge < -0.3 is 5.32 Å². The first-order chi connectivity index (χ1) is 7.31. The number of halogens is 1. The van der Waals surface area contributed by atoms with Gasteiger partial charge in [-0.2, -0.15) is 5.10 Å². The van der Waals surface area contributed by atoms with E-state index in [4.69, 9.17) is 0 Å². The van der Waals surface area contributed by atoms with Gasteiger partial charge in [0.2, 0.25) is 0 Å². The monoisotopic (exact) mass is 238 g/mol. The summed E-state index contributed by atoms with van der Waals surface area (Å²) in [5.74, 6) is 0.595. The Hall–Kier alpha value is -1.88. The molecule has 0 bridgehead atoms. The molecule has 2 aromatic rings. The molecular formula is C10H11ClN4O. The van der Waals surface area contributed by atoms with Gasteiger partial charge in [-0.15, -0.1) is 12.4 Å². The molecule has 0 aliphatic rings. The van der Waals surface area contributed by atoms with Crippen molar-refractivity contribution in [2.45, 2.75) is 0 Å². The minimum absolute atomic E-state index is 0. The number of aromatic amines is 1. The predicted molar refractivity (Wildman–Crippen MR) is 62.5 cm³/mol. The molecule has 84 valence electrons. The zero-order chi connectivity index (χ0) is 10.7. The summed E-state index contributed by atoms with van der Waals surface area (Å²) < 4.78 is 0. The maximum absolute atomic E-state index is 11.3. The molecule has 1 amide bonds. The molecule has 0 unspecified atom stereocenters. The maximum Gasteiger partial charge on any atom is 0.251 e. The molecule has 0 atom stereocenters. The molecule has 6 heteroatoms. The van der Waals surface area contributed by atoms with Crippen LogP contribution in [0, 0.1) is 0 Å². The van der Waals surface area contributed by atoms with Gasteiger partial charge in [0.25, 0.3) is 5.91 Å². The van der Waals surface area contributed by atoms with Crippen LogP contribution in [-0.4, -0.2) is 28.1 Å². The number of hydrogen-bond acceptors (Lipinski definition) is 3. The number of hydrogen-bond donors (Lipinski definition) is 2. The van der Waals surface area contributed by atoms with Crippen molar-refractivity contribution in [2.24, 2.45) is 0 Å². The molecule has 1 heterocycles. The minimum atomic E-state index is -0.0980. The average molecular weight is 239 g/mol. The van der Waals surface area contributed by atoms with Crippen molar-refractivity contribution >= 4 is 18.3 Å². The van der Waals surface area contributed by atoms with Gasteiger partial charge in [-0.1, -0.05) is 12.1 Å².